The Balaban J connectivity index is 4.36. The maximum atomic E-state index is 11.8. The van der Waals surface area contributed by atoms with Gasteiger partial charge >= 0.3 is 0 Å². The number of hydrogen-bond acceptors (Lipinski definition) is 3. The minimum atomic E-state index is -0.165. The normalized spacial score (nSPS) is 12.1. The molecule has 0 aliphatic rings. The van der Waals surface area contributed by atoms with Crippen molar-refractivity contribution in [3.8, 4) is 0 Å². The molecule has 0 radical (unpaired) electrons. The summed E-state index contributed by atoms with van der Waals surface area (Å²) in [5.41, 5.74) is 5.58. The van der Waals surface area contributed by atoms with Gasteiger partial charge in [0.2, 0.25) is 11.8 Å². The second-order valence-electron chi connectivity index (χ2n) is 4.28. The fourth-order valence-corrected chi connectivity index (χ4v) is 1.27. The number of carbonyl (C=O) groups excluding carboxylic acids is 2. The summed E-state index contributed by atoms with van der Waals surface area (Å²) in [5.74, 6) is -0.112. The van der Waals surface area contributed by atoms with Crippen molar-refractivity contribution >= 4 is 11.8 Å². The molecule has 16 heavy (non-hydrogen) atoms. The average molecular weight is 229 g/mol. The Morgan fingerprint density at radius 2 is 1.81 bits per heavy atom. The van der Waals surface area contributed by atoms with Crippen LogP contribution in [0.3, 0.4) is 0 Å². The molecule has 0 aromatic heterocycles. The zero-order chi connectivity index (χ0) is 12.7. The number of amides is 2. The van der Waals surface area contributed by atoms with Gasteiger partial charge in [-0.05, 0) is 13.3 Å². The van der Waals surface area contributed by atoms with Gasteiger partial charge in [-0.2, -0.15) is 0 Å². The molecule has 0 heterocycles. The molecule has 0 aliphatic heterocycles. The van der Waals surface area contributed by atoms with Crippen LogP contribution in [-0.2, 0) is 9.59 Å². The molecular weight excluding hydrogens is 206 g/mol. The van der Waals surface area contributed by atoms with E-state index in [1.54, 1.807) is 25.9 Å². The maximum Gasteiger partial charge on any atom is 0.241 e. The lowest BCUT2D eigenvalue weighted by molar-refractivity contribution is -0.139. The standard InChI is InChI=1S/C11H23N3O2/c1-5-6-14(8-11(16)13(3)4)10(15)7-9(2)12/h9H,5-8,12H2,1-4H3. The second-order valence-corrected chi connectivity index (χ2v) is 4.28. The Labute approximate surface area is 97.6 Å². The van der Waals surface area contributed by atoms with E-state index >= 15 is 0 Å². The van der Waals surface area contributed by atoms with Crippen molar-refractivity contribution in [2.45, 2.75) is 32.7 Å². The number of likely N-dealkylation sites (N-methyl/N-ethyl adjacent to an activating group) is 1. The SMILES string of the molecule is CCCN(CC(=O)N(C)C)C(=O)CC(C)N. The van der Waals surface area contributed by atoms with Crippen LogP contribution in [0.4, 0.5) is 0 Å². The maximum absolute atomic E-state index is 11.8. The van der Waals surface area contributed by atoms with E-state index in [2.05, 4.69) is 0 Å². The van der Waals surface area contributed by atoms with Crippen molar-refractivity contribution in [3.63, 3.8) is 0 Å². The highest BCUT2D eigenvalue weighted by Gasteiger charge is 2.18. The molecule has 94 valence electrons. The first-order valence-electron chi connectivity index (χ1n) is 5.62. The molecule has 0 spiro atoms. The first-order chi connectivity index (χ1) is 7.38. The van der Waals surface area contributed by atoms with Crippen molar-refractivity contribution < 1.29 is 9.59 Å². The van der Waals surface area contributed by atoms with E-state index in [0.29, 0.717) is 13.0 Å². The highest BCUT2D eigenvalue weighted by Crippen LogP contribution is 2.00. The predicted molar refractivity (Wildman–Crippen MR) is 63.8 cm³/mol. The van der Waals surface area contributed by atoms with Crippen LogP contribution >= 0.6 is 0 Å². The summed E-state index contributed by atoms with van der Waals surface area (Å²) in [6, 6.07) is -0.165. The van der Waals surface area contributed by atoms with E-state index in [4.69, 9.17) is 5.73 Å². The van der Waals surface area contributed by atoms with Crippen molar-refractivity contribution in [2.75, 3.05) is 27.2 Å². The van der Waals surface area contributed by atoms with Gasteiger partial charge in [0.25, 0.3) is 0 Å². The summed E-state index contributed by atoms with van der Waals surface area (Å²) in [5, 5.41) is 0. The Bertz CT molecular complexity index is 239. The van der Waals surface area contributed by atoms with Crippen LogP contribution in [-0.4, -0.2) is 54.8 Å². The third-order valence-corrected chi connectivity index (χ3v) is 2.17. The highest BCUT2D eigenvalue weighted by atomic mass is 16.2. The number of carbonyl (C=O) groups is 2. The number of rotatable bonds is 6. The lowest BCUT2D eigenvalue weighted by Crippen LogP contribution is -2.42. The molecule has 1 atom stereocenters. The van der Waals surface area contributed by atoms with Crippen LogP contribution in [0.2, 0.25) is 0 Å². The van der Waals surface area contributed by atoms with Crippen LogP contribution in [0.15, 0.2) is 0 Å². The van der Waals surface area contributed by atoms with Crippen LogP contribution in [0, 0.1) is 0 Å². The number of nitrogens with two attached hydrogens (primary N) is 1. The van der Waals surface area contributed by atoms with Gasteiger partial charge in [-0.25, -0.2) is 0 Å². The van der Waals surface area contributed by atoms with Gasteiger partial charge in [0.15, 0.2) is 0 Å². The van der Waals surface area contributed by atoms with Crippen molar-refractivity contribution in [2.24, 2.45) is 5.73 Å². The fraction of sp³-hybridized carbons (Fsp3) is 0.818. The van der Waals surface area contributed by atoms with E-state index in [0.717, 1.165) is 6.42 Å². The third-order valence-electron chi connectivity index (χ3n) is 2.17. The molecule has 1 unspecified atom stereocenters. The molecule has 2 amide bonds. The van der Waals surface area contributed by atoms with Crippen LogP contribution in [0.5, 0.6) is 0 Å². The fourth-order valence-electron chi connectivity index (χ4n) is 1.27. The van der Waals surface area contributed by atoms with Crippen molar-refractivity contribution in [1.82, 2.24) is 9.80 Å². The first-order valence-corrected chi connectivity index (χ1v) is 5.62. The summed E-state index contributed by atoms with van der Waals surface area (Å²) >= 11 is 0. The smallest absolute Gasteiger partial charge is 0.241 e. The lowest BCUT2D eigenvalue weighted by Gasteiger charge is -2.24. The molecule has 5 nitrogen and oxygen atoms in total. The van der Waals surface area contributed by atoms with Gasteiger partial charge in [0.1, 0.15) is 0 Å². The zero-order valence-electron chi connectivity index (χ0n) is 10.7. The van der Waals surface area contributed by atoms with Crippen LogP contribution in [0.25, 0.3) is 0 Å². The molecule has 0 aromatic rings. The molecule has 5 heteroatoms. The third kappa shape index (κ3) is 5.70. The first kappa shape index (κ1) is 14.9. The van der Waals surface area contributed by atoms with Gasteiger partial charge in [-0.1, -0.05) is 6.92 Å². The summed E-state index contributed by atoms with van der Waals surface area (Å²) in [6.45, 7) is 4.51. The molecule has 2 N–H and O–H groups in total. The van der Waals surface area contributed by atoms with Gasteiger partial charge in [0, 0.05) is 33.1 Å². The molecule has 0 rings (SSSR count). The van der Waals surface area contributed by atoms with E-state index in [9.17, 15) is 9.59 Å². The van der Waals surface area contributed by atoms with Crippen LogP contribution in [0.1, 0.15) is 26.7 Å². The molecule has 0 aromatic carbocycles. The second kappa shape index (κ2) is 7.22. The molecule has 0 bridgehead atoms. The monoisotopic (exact) mass is 229 g/mol. The Morgan fingerprint density at radius 1 is 1.25 bits per heavy atom. The van der Waals surface area contributed by atoms with Gasteiger partial charge < -0.3 is 15.5 Å². The van der Waals surface area contributed by atoms with E-state index in [1.165, 1.54) is 4.90 Å². The molecule has 0 saturated heterocycles. The molecular formula is C11H23N3O2. The zero-order valence-corrected chi connectivity index (χ0v) is 10.7. The minimum Gasteiger partial charge on any atom is -0.347 e. The molecule has 0 saturated carbocycles. The van der Waals surface area contributed by atoms with Crippen LogP contribution < -0.4 is 5.73 Å². The van der Waals surface area contributed by atoms with Crippen molar-refractivity contribution in [3.05, 3.63) is 0 Å². The molecule has 0 aliphatic carbocycles. The predicted octanol–water partition coefficient (Wildman–Crippen LogP) is 0.0505. The Kier molecular flexibility index (Phi) is 6.72. The summed E-state index contributed by atoms with van der Waals surface area (Å²) < 4.78 is 0. The average Bonchev–Trinajstić information content (AvgIpc) is 2.15. The van der Waals surface area contributed by atoms with Gasteiger partial charge in [-0.15, -0.1) is 0 Å². The van der Waals surface area contributed by atoms with Crippen molar-refractivity contribution in [1.29, 1.82) is 0 Å². The summed E-state index contributed by atoms with van der Waals surface area (Å²) in [7, 11) is 3.37. The largest absolute Gasteiger partial charge is 0.347 e. The summed E-state index contributed by atoms with van der Waals surface area (Å²) in [6.07, 6.45) is 1.13. The van der Waals surface area contributed by atoms with Gasteiger partial charge in [0.05, 0.1) is 6.54 Å². The minimum absolute atomic E-state index is 0.0490. The Hall–Kier alpha value is -1.10. The Morgan fingerprint density at radius 3 is 2.19 bits per heavy atom. The lowest BCUT2D eigenvalue weighted by atomic mass is 10.2. The number of nitrogens with zero attached hydrogens (tertiary/aromatic N) is 2. The van der Waals surface area contributed by atoms with E-state index in [-0.39, 0.29) is 24.4 Å². The number of hydrogen-bond donors (Lipinski definition) is 1. The molecule has 0 fully saturated rings. The van der Waals surface area contributed by atoms with E-state index in [1.807, 2.05) is 6.92 Å². The highest BCUT2D eigenvalue weighted by molar-refractivity contribution is 5.84. The topological polar surface area (TPSA) is 66.6 Å². The van der Waals surface area contributed by atoms with E-state index < -0.39 is 0 Å². The van der Waals surface area contributed by atoms with Gasteiger partial charge in [-0.3, -0.25) is 9.59 Å². The summed E-state index contributed by atoms with van der Waals surface area (Å²) in [4.78, 5) is 26.4. The quantitative estimate of drug-likeness (QED) is 0.700.